The Morgan fingerprint density at radius 1 is 1.40 bits per heavy atom. The van der Waals surface area contributed by atoms with Gasteiger partial charge in [-0.3, -0.25) is 4.68 Å². The molecule has 6 heteroatoms. The lowest BCUT2D eigenvalue weighted by Crippen LogP contribution is -2.20. The van der Waals surface area contributed by atoms with E-state index in [2.05, 4.69) is 21.0 Å². The molecule has 0 aliphatic carbocycles. The summed E-state index contributed by atoms with van der Waals surface area (Å²) >= 11 is 3.34. The summed E-state index contributed by atoms with van der Waals surface area (Å²) in [6.07, 6.45) is 1.60. The van der Waals surface area contributed by atoms with Gasteiger partial charge in [0.2, 0.25) is 0 Å². The van der Waals surface area contributed by atoms with E-state index in [1.54, 1.807) is 30.1 Å². The Labute approximate surface area is 125 Å². The van der Waals surface area contributed by atoms with E-state index >= 15 is 0 Å². The second-order valence-electron chi connectivity index (χ2n) is 4.78. The van der Waals surface area contributed by atoms with Crippen molar-refractivity contribution < 1.29 is 9.13 Å². The molecule has 1 heterocycles. The smallest absolute Gasteiger partial charge is 0.161 e. The predicted molar refractivity (Wildman–Crippen MR) is 79.3 cm³/mol. The lowest BCUT2D eigenvalue weighted by atomic mass is 10.0. The highest BCUT2D eigenvalue weighted by Gasteiger charge is 2.24. The molecule has 1 aromatic heterocycles. The Kier molecular flexibility index (Phi) is 4.45. The summed E-state index contributed by atoms with van der Waals surface area (Å²) in [4.78, 5) is 0. The molecule has 2 aromatic rings. The fourth-order valence-corrected chi connectivity index (χ4v) is 2.50. The number of nitrogens with zero attached hydrogens (tertiary/aromatic N) is 2. The van der Waals surface area contributed by atoms with Crippen LogP contribution in [0.5, 0.6) is 5.75 Å². The van der Waals surface area contributed by atoms with Gasteiger partial charge in [-0.15, -0.1) is 0 Å². The molecular weight excluding hydrogens is 325 g/mol. The Bertz CT molecular complexity index is 612. The van der Waals surface area contributed by atoms with E-state index in [1.165, 1.54) is 6.07 Å². The van der Waals surface area contributed by atoms with Crippen LogP contribution in [0.2, 0.25) is 0 Å². The van der Waals surface area contributed by atoms with Crippen molar-refractivity contribution in [1.29, 1.82) is 0 Å². The number of nitrogens with two attached hydrogens (primary N) is 1. The van der Waals surface area contributed by atoms with Crippen LogP contribution >= 0.6 is 15.9 Å². The van der Waals surface area contributed by atoms with Crippen molar-refractivity contribution in [2.24, 2.45) is 5.73 Å². The lowest BCUT2D eigenvalue weighted by Gasteiger charge is -2.19. The van der Waals surface area contributed by atoms with Crippen LogP contribution in [-0.2, 0) is 0 Å². The zero-order chi connectivity index (χ0) is 14.9. The summed E-state index contributed by atoms with van der Waals surface area (Å²) in [5, 5.41) is 4.26. The molecule has 4 nitrogen and oxygen atoms in total. The normalized spacial score (nSPS) is 12.8. The average molecular weight is 342 g/mol. The van der Waals surface area contributed by atoms with E-state index in [1.807, 2.05) is 13.8 Å². The van der Waals surface area contributed by atoms with Crippen molar-refractivity contribution in [2.45, 2.75) is 25.9 Å². The standard InChI is InChI=1S/C14H17BrFN3O/c1-8(2)19-14(12(20-3)7-18-19)13(17)10-6-9(15)4-5-11(10)16/h4-8,13H,17H2,1-3H3. The third kappa shape index (κ3) is 2.71. The summed E-state index contributed by atoms with van der Waals surface area (Å²) in [6.45, 7) is 3.97. The van der Waals surface area contributed by atoms with Crippen molar-refractivity contribution >= 4 is 15.9 Å². The second kappa shape index (κ2) is 5.93. The number of hydrogen-bond donors (Lipinski definition) is 1. The minimum absolute atomic E-state index is 0.107. The summed E-state index contributed by atoms with van der Waals surface area (Å²) in [5.74, 6) is 0.213. The van der Waals surface area contributed by atoms with Gasteiger partial charge in [-0.2, -0.15) is 5.10 Å². The highest BCUT2D eigenvalue weighted by molar-refractivity contribution is 9.10. The lowest BCUT2D eigenvalue weighted by molar-refractivity contribution is 0.400. The first-order valence-electron chi connectivity index (χ1n) is 6.27. The van der Waals surface area contributed by atoms with Gasteiger partial charge in [0.1, 0.15) is 11.5 Å². The topological polar surface area (TPSA) is 53.1 Å². The molecule has 1 unspecified atom stereocenters. The number of rotatable bonds is 4. The number of methoxy groups -OCH3 is 1. The fourth-order valence-electron chi connectivity index (χ4n) is 2.12. The summed E-state index contributed by atoms with van der Waals surface area (Å²) in [6, 6.07) is 4.17. The Balaban J connectivity index is 2.55. The maximum atomic E-state index is 14.0. The minimum atomic E-state index is -0.646. The van der Waals surface area contributed by atoms with Crippen LogP contribution in [0.4, 0.5) is 4.39 Å². The van der Waals surface area contributed by atoms with Gasteiger partial charge in [-0.05, 0) is 32.0 Å². The molecule has 2 N–H and O–H groups in total. The van der Waals surface area contributed by atoms with E-state index in [0.717, 1.165) is 4.47 Å². The highest BCUT2D eigenvalue weighted by Crippen LogP contribution is 2.32. The molecule has 0 amide bonds. The van der Waals surface area contributed by atoms with Gasteiger partial charge in [-0.25, -0.2) is 4.39 Å². The van der Waals surface area contributed by atoms with Crippen LogP contribution in [0.3, 0.4) is 0 Å². The van der Waals surface area contributed by atoms with Gasteiger partial charge in [0.25, 0.3) is 0 Å². The largest absolute Gasteiger partial charge is 0.493 e. The zero-order valence-corrected chi connectivity index (χ0v) is 13.2. The third-order valence-corrected chi connectivity index (χ3v) is 3.59. The first-order valence-corrected chi connectivity index (χ1v) is 7.07. The molecular formula is C14H17BrFN3O. The average Bonchev–Trinajstić information content (AvgIpc) is 2.84. The molecule has 108 valence electrons. The summed E-state index contributed by atoms with van der Waals surface area (Å²) in [7, 11) is 1.55. The SMILES string of the molecule is COc1cnn(C(C)C)c1C(N)c1cc(Br)ccc1F. The number of hydrogen-bond acceptors (Lipinski definition) is 3. The molecule has 0 aliphatic rings. The van der Waals surface area contributed by atoms with Gasteiger partial charge in [-0.1, -0.05) is 15.9 Å². The number of aromatic nitrogens is 2. The maximum absolute atomic E-state index is 14.0. The van der Waals surface area contributed by atoms with Gasteiger partial charge in [0, 0.05) is 16.1 Å². The van der Waals surface area contributed by atoms with Crippen LogP contribution < -0.4 is 10.5 Å². The molecule has 1 aromatic carbocycles. The van der Waals surface area contributed by atoms with Crippen LogP contribution in [-0.4, -0.2) is 16.9 Å². The van der Waals surface area contributed by atoms with E-state index < -0.39 is 6.04 Å². The van der Waals surface area contributed by atoms with Gasteiger partial charge < -0.3 is 10.5 Å². The number of benzene rings is 1. The van der Waals surface area contributed by atoms with Crippen LogP contribution in [0.15, 0.2) is 28.9 Å². The molecule has 2 rings (SSSR count). The molecule has 0 spiro atoms. The third-order valence-electron chi connectivity index (χ3n) is 3.10. The van der Waals surface area contributed by atoms with Crippen LogP contribution in [0, 0.1) is 5.82 Å². The fraction of sp³-hybridized carbons (Fsp3) is 0.357. The highest BCUT2D eigenvalue weighted by atomic mass is 79.9. The Morgan fingerprint density at radius 2 is 2.10 bits per heavy atom. The van der Waals surface area contributed by atoms with Crippen LogP contribution in [0.25, 0.3) is 0 Å². The van der Waals surface area contributed by atoms with Crippen molar-refractivity contribution in [3.05, 3.63) is 45.9 Å². The van der Waals surface area contributed by atoms with Crippen molar-refractivity contribution in [3.63, 3.8) is 0 Å². The second-order valence-corrected chi connectivity index (χ2v) is 5.70. The van der Waals surface area contributed by atoms with Gasteiger partial charge >= 0.3 is 0 Å². The quantitative estimate of drug-likeness (QED) is 0.926. The van der Waals surface area contributed by atoms with E-state index in [-0.39, 0.29) is 11.9 Å². The summed E-state index contributed by atoms with van der Waals surface area (Å²) < 4.78 is 21.8. The number of ether oxygens (including phenoxy) is 1. The monoisotopic (exact) mass is 341 g/mol. The van der Waals surface area contributed by atoms with Crippen molar-refractivity contribution in [1.82, 2.24) is 9.78 Å². The molecule has 1 atom stereocenters. The first kappa shape index (κ1) is 15.0. The van der Waals surface area contributed by atoms with E-state index in [4.69, 9.17) is 10.5 Å². The zero-order valence-electron chi connectivity index (χ0n) is 11.6. The van der Waals surface area contributed by atoms with Crippen molar-refractivity contribution in [3.8, 4) is 5.75 Å². The molecule has 0 bridgehead atoms. The van der Waals surface area contributed by atoms with Crippen molar-refractivity contribution in [2.75, 3.05) is 7.11 Å². The number of halogens is 2. The van der Waals surface area contributed by atoms with E-state index in [9.17, 15) is 4.39 Å². The first-order chi connectivity index (χ1) is 9.45. The molecule has 0 radical (unpaired) electrons. The molecule has 20 heavy (non-hydrogen) atoms. The van der Waals surface area contributed by atoms with E-state index in [0.29, 0.717) is 17.0 Å². The molecule has 0 saturated heterocycles. The van der Waals surface area contributed by atoms with Gasteiger partial charge in [0.15, 0.2) is 5.75 Å². The Hall–Kier alpha value is -1.40. The molecule has 0 fully saturated rings. The molecule has 0 aliphatic heterocycles. The van der Waals surface area contributed by atoms with Gasteiger partial charge in [0.05, 0.1) is 19.3 Å². The summed E-state index contributed by atoms with van der Waals surface area (Å²) in [5.41, 5.74) is 7.31. The van der Waals surface area contributed by atoms with Crippen LogP contribution in [0.1, 0.15) is 37.2 Å². The molecule has 0 saturated carbocycles. The Morgan fingerprint density at radius 3 is 2.70 bits per heavy atom. The maximum Gasteiger partial charge on any atom is 0.161 e. The minimum Gasteiger partial charge on any atom is -0.493 e. The predicted octanol–water partition coefficient (Wildman–Crippen LogP) is 3.42.